The molecule has 0 aliphatic rings. The van der Waals surface area contributed by atoms with E-state index in [1.54, 1.807) is 0 Å². The third-order valence-electron chi connectivity index (χ3n) is 1.94. The number of urea groups is 1. The zero-order valence-electron chi connectivity index (χ0n) is 10.1. The summed E-state index contributed by atoms with van der Waals surface area (Å²) in [7, 11) is 0. The Balaban J connectivity index is 2.56. The number of carbonyl (C=O) groups is 1. The normalized spacial score (nSPS) is 11.1. The zero-order chi connectivity index (χ0) is 13.1. The van der Waals surface area contributed by atoms with E-state index in [2.05, 4.69) is 10.6 Å². The zero-order valence-corrected chi connectivity index (χ0v) is 10.1. The number of benzene rings is 1. The first-order valence-electron chi connectivity index (χ1n) is 5.28. The first-order chi connectivity index (χ1) is 7.78. The molecule has 3 nitrogen and oxygen atoms in total. The van der Waals surface area contributed by atoms with E-state index in [4.69, 9.17) is 0 Å². The monoisotopic (exact) mass is 242 g/mol. The van der Waals surface area contributed by atoms with Gasteiger partial charge in [0.1, 0.15) is 11.6 Å². The van der Waals surface area contributed by atoms with Crippen LogP contribution in [-0.2, 0) is 6.54 Å². The highest BCUT2D eigenvalue weighted by Crippen LogP contribution is 2.09. The standard InChI is InChI=1S/C12H16F2N2O/c1-12(2,3)16-11(17)15-7-8-6-9(13)4-5-10(8)14/h4-6H,7H2,1-3H3,(H2,15,16,17). The molecule has 0 radical (unpaired) electrons. The Labute approximate surface area is 99.2 Å². The quantitative estimate of drug-likeness (QED) is 0.822. The van der Waals surface area contributed by atoms with Crippen LogP contribution in [0, 0.1) is 11.6 Å². The summed E-state index contributed by atoms with van der Waals surface area (Å²) >= 11 is 0. The second-order valence-corrected chi connectivity index (χ2v) is 4.79. The number of hydrogen-bond donors (Lipinski definition) is 2. The van der Waals surface area contributed by atoms with E-state index < -0.39 is 17.7 Å². The highest BCUT2D eigenvalue weighted by Gasteiger charge is 2.13. The van der Waals surface area contributed by atoms with Crippen molar-refractivity contribution in [2.75, 3.05) is 0 Å². The van der Waals surface area contributed by atoms with Crippen LogP contribution < -0.4 is 10.6 Å². The van der Waals surface area contributed by atoms with Gasteiger partial charge in [-0.25, -0.2) is 13.6 Å². The average molecular weight is 242 g/mol. The molecule has 0 spiro atoms. The average Bonchev–Trinajstić information content (AvgIpc) is 2.17. The van der Waals surface area contributed by atoms with Crippen LogP contribution in [0.1, 0.15) is 26.3 Å². The van der Waals surface area contributed by atoms with Crippen LogP contribution in [-0.4, -0.2) is 11.6 Å². The van der Waals surface area contributed by atoms with Crippen LogP contribution in [0.5, 0.6) is 0 Å². The Hall–Kier alpha value is -1.65. The predicted octanol–water partition coefficient (Wildman–Crippen LogP) is 2.56. The Bertz CT molecular complexity index is 413. The molecule has 1 aromatic rings. The van der Waals surface area contributed by atoms with Gasteiger partial charge in [0, 0.05) is 17.6 Å². The highest BCUT2D eigenvalue weighted by molar-refractivity contribution is 5.74. The lowest BCUT2D eigenvalue weighted by molar-refractivity contribution is 0.231. The first-order valence-corrected chi connectivity index (χ1v) is 5.28. The molecule has 0 aliphatic carbocycles. The molecular weight excluding hydrogens is 226 g/mol. The van der Waals surface area contributed by atoms with Gasteiger partial charge in [0.2, 0.25) is 0 Å². The van der Waals surface area contributed by atoms with Gasteiger partial charge < -0.3 is 10.6 Å². The molecule has 0 aromatic heterocycles. The number of hydrogen-bond acceptors (Lipinski definition) is 1. The van der Waals surface area contributed by atoms with E-state index >= 15 is 0 Å². The lowest BCUT2D eigenvalue weighted by atomic mass is 10.1. The van der Waals surface area contributed by atoms with Crippen LogP contribution in [0.25, 0.3) is 0 Å². The SMILES string of the molecule is CC(C)(C)NC(=O)NCc1cc(F)ccc1F. The minimum atomic E-state index is -0.539. The van der Waals surface area contributed by atoms with Crippen LogP contribution in [0.2, 0.25) is 0 Å². The molecule has 0 unspecified atom stereocenters. The highest BCUT2D eigenvalue weighted by atomic mass is 19.1. The summed E-state index contributed by atoms with van der Waals surface area (Å²) in [6, 6.07) is 2.72. The number of halogens is 2. The molecule has 0 heterocycles. The van der Waals surface area contributed by atoms with E-state index in [0.717, 1.165) is 18.2 Å². The summed E-state index contributed by atoms with van der Waals surface area (Å²) < 4.78 is 26.1. The minimum Gasteiger partial charge on any atom is -0.334 e. The van der Waals surface area contributed by atoms with Gasteiger partial charge in [-0.15, -0.1) is 0 Å². The summed E-state index contributed by atoms with van der Waals surface area (Å²) in [6.07, 6.45) is 0. The predicted molar refractivity (Wildman–Crippen MR) is 61.5 cm³/mol. The maximum Gasteiger partial charge on any atom is 0.315 e. The molecule has 5 heteroatoms. The summed E-state index contributed by atoms with van der Waals surface area (Å²) in [5.41, 5.74) is -0.251. The molecule has 0 aliphatic heterocycles. The molecule has 0 bridgehead atoms. The molecule has 0 atom stereocenters. The number of nitrogens with one attached hydrogen (secondary N) is 2. The molecule has 94 valence electrons. The fourth-order valence-electron chi connectivity index (χ4n) is 1.24. The molecule has 1 aromatic carbocycles. The minimum absolute atomic E-state index is 0.0501. The summed E-state index contributed by atoms with van der Waals surface area (Å²) in [4.78, 5) is 11.4. The van der Waals surface area contributed by atoms with Gasteiger partial charge in [-0.2, -0.15) is 0 Å². The second kappa shape index (κ2) is 5.12. The summed E-state index contributed by atoms with van der Waals surface area (Å²) in [5, 5.41) is 5.12. The fraction of sp³-hybridized carbons (Fsp3) is 0.417. The van der Waals surface area contributed by atoms with E-state index in [1.165, 1.54) is 0 Å². The van der Waals surface area contributed by atoms with Gasteiger partial charge in [0.05, 0.1) is 0 Å². The van der Waals surface area contributed by atoms with E-state index in [9.17, 15) is 13.6 Å². The summed E-state index contributed by atoms with van der Waals surface area (Å²) in [6.45, 7) is 5.44. The van der Waals surface area contributed by atoms with Crippen molar-refractivity contribution < 1.29 is 13.6 Å². The maximum atomic E-state index is 13.2. The lowest BCUT2D eigenvalue weighted by Gasteiger charge is -2.20. The van der Waals surface area contributed by atoms with Gasteiger partial charge in [-0.05, 0) is 39.0 Å². The maximum absolute atomic E-state index is 13.2. The van der Waals surface area contributed by atoms with Crippen LogP contribution in [0.15, 0.2) is 18.2 Å². The molecule has 2 N–H and O–H groups in total. The number of rotatable bonds is 2. The smallest absolute Gasteiger partial charge is 0.315 e. The topological polar surface area (TPSA) is 41.1 Å². The molecule has 0 saturated carbocycles. The molecule has 0 fully saturated rings. The van der Waals surface area contributed by atoms with Crippen molar-refractivity contribution in [3.05, 3.63) is 35.4 Å². The van der Waals surface area contributed by atoms with Crippen molar-refractivity contribution in [2.45, 2.75) is 32.9 Å². The first kappa shape index (κ1) is 13.4. The van der Waals surface area contributed by atoms with Crippen molar-refractivity contribution in [3.63, 3.8) is 0 Å². The molecular formula is C12H16F2N2O. The van der Waals surface area contributed by atoms with Gasteiger partial charge in [0.15, 0.2) is 0 Å². The van der Waals surface area contributed by atoms with Crippen LogP contribution >= 0.6 is 0 Å². The Morgan fingerprint density at radius 1 is 1.29 bits per heavy atom. The Kier molecular flexibility index (Phi) is 4.04. The van der Waals surface area contributed by atoms with Crippen molar-refractivity contribution in [1.29, 1.82) is 0 Å². The van der Waals surface area contributed by atoms with E-state index in [-0.39, 0.29) is 17.6 Å². The molecule has 2 amide bonds. The van der Waals surface area contributed by atoms with Gasteiger partial charge in [-0.3, -0.25) is 0 Å². The van der Waals surface area contributed by atoms with Crippen molar-refractivity contribution in [3.8, 4) is 0 Å². The van der Waals surface area contributed by atoms with Gasteiger partial charge >= 0.3 is 6.03 Å². The van der Waals surface area contributed by atoms with Crippen molar-refractivity contribution in [1.82, 2.24) is 10.6 Å². The Morgan fingerprint density at radius 3 is 2.53 bits per heavy atom. The largest absolute Gasteiger partial charge is 0.334 e. The van der Waals surface area contributed by atoms with Crippen molar-refractivity contribution >= 4 is 6.03 Å². The third-order valence-corrected chi connectivity index (χ3v) is 1.94. The van der Waals surface area contributed by atoms with Crippen molar-refractivity contribution in [2.24, 2.45) is 0 Å². The van der Waals surface area contributed by atoms with Crippen LogP contribution in [0.3, 0.4) is 0 Å². The van der Waals surface area contributed by atoms with E-state index in [1.807, 2.05) is 20.8 Å². The summed E-state index contributed by atoms with van der Waals surface area (Å²) in [5.74, 6) is -1.07. The second-order valence-electron chi connectivity index (χ2n) is 4.79. The lowest BCUT2D eigenvalue weighted by Crippen LogP contribution is -2.46. The third kappa shape index (κ3) is 4.80. The molecule has 0 saturated heterocycles. The van der Waals surface area contributed by atoms with Crippen LogP contribution in [0.4, 0.5) is 13.6 Å². The van der Waals surface area contributed by atoms with Gasteiger partial charge in [0.25, 0.3) is 0 Å². The Morgan fingerprint density at radius 2 is 1.94 bits per heavy atom. The number of amides is 2. The number of carbonyl (C=O) groups excluding carboxylic acids is 1. The molecule has 17 heavy (non-hydrogen) atoms. The van der Waals surface area contributed by atoms with E-state index in [0.29, 0.717) is 0 Å². The fourth-order valence-corrected chi connectivity index (χ4v) is 1.24. The van der Waals surface area contributed by atoms with Gasteiger partial charge in [-0.1, -0.05) is 0 Å². The molecule has 1 rings (SSSR count).